The van der Waals surface area contributed by atoms with Crippen molar-refractivity contribution < 1.29 is 18.4 Å². The SMILES string of the molecule is O=C1N[C@](c2cccs2)(C(F)(F)C(=O)c2ccccc2)c2ccccc21. The maximum Gasteiger partial charge on any atom is 0.341 e. The number of hydrogen-bond acceptors (Lipinski definition) is 3. The zero-order valence-electron chi connectivity index (χ0n) is 13.4. The Morgan fingerprint density at radius 3 is 2.35 bits per heavy atom. The molecule has 0 unspecified atom stereocenters. The highest BCUT2D eigenvalue weighted by Gasteiger charge is 2.65. The van der Waals surface area contributed by atoms with E-state index in [1.165, 1.54) is 42.5 Å². The lowest BCUT2D eigenvalue weighted by atomic mass is 9.79. The zero-order valence-corrected chi connectivity index (χ0v) is 14.2. The van der Waals surface area contributed by atoms with E-state index in [-0.39, 0.29) is 21.6 Å². The first-order chi connectivity index (χ1) is 12.5. The van der Waals surface area contributed by atoms with Crippen molar-refractivity contribution in [1.82, 2.24) is 5.32 Å². The van der Waals surface area contributed by atoms with Crippen molar-refractivity contribution in [1.29, 1.82) is 0 Å². The lowest BCUT2D eigenvalue weighted by Crippen LogP contribution is -2.58. The van der Waals surface area contributed by atoms with Crippen molar-refractivity contribution in [2.75, 3.05) is 0 Å². The molecule has 4 rings (SSSR count). The van der Waals surface area contributed by atoms with Gasteiger partial charge in [0.2, 0.25) is 5.78 Å². The largest absolute Gasteiger partial charge is 0.341 e. The Kier molecular flexibility index (Phi) is 3.73. The van der Waals surface area contributed by atoms with Crippen LogP contribution in [0.3, 0.4) is 0 Å². The number of amides is 1. The Bertz CT molecular complexity index is 986. The summed E-state index contributed by atoms with van der Waals surface area (Å²) in [5.41, 5.74) is -2.06. The van der Waals surface area contributed by atoms with Gasteiger partial charge >= 0.3 is 5.92 Å². The molecule has 1 aromatic heterocycles. The van der Waals surface area contributed by atoms with E-state index in [2.05, 4.69) is 5.32 Å². The summed E-state index contributed by atoms with van der Waals surface area (Å²) in [7, 11) is 0. The predicted octanol–water partition coefficient (Wildman–Crippen LogP) is 4.25. The maximum absolute atomic E-state index is 15.7. The molecule has 3 nitrogen and oxygen atoms in total. The van der Waals surface area contributed by atoms with E-state index in [4.69, 9.17) is 0 Å². The first kappa shape index (κ1) is 16.6. The molecule has 1 atom stereocenters. The molecule has 3 aromatic rings. The quantitative estimate of drug-likeness (QED) is 0.699. The van der Waals surface area contributed by atoms with Crippen LogP contribution in [0.2, 0.25) is 0 Å². The van der Waals surface area contributed by atoms with Gasteiger partial charge in [-0.1, -0.05) is 54.6 Å². The first-order valence-corrected chi connectivity index (χ1v) is 8.80. The lowest BCUT2D eigenvalue weighted by molar-refractivity contribution is -0.0400. The topological polar surface area (TPSA) is 46.2 Å². The first-order valence-electron chi connectivity index (χ1n) is 7.92. The Hall–Kier alpha value is -2.86. The smallest absolute Gasteiger partial charge is 0.332 e. The number of fused-ring (bicyclic) bond motifs is 1. The minimum Gasteiger partial charge on any atom is -0.332 e. The normalized spacial score (nSPS) is 19.1. The Morgan fingerprint density at radius 2 is 1.65 bits per heavy atom. The van der Waals surface area contributed by atoms with E-state index in [0.717, 1.165) is 11.3 Å². The fourth-order valence-corrected chi connectivity index (χ4v) is 4.27. The van der Waals surface area contributed by atoms with E-state index in [9.17, 15) is 9.59 Å². The molecule has 6 heteroatoms. The van der Waals surface area contributed by atoms with E-state index in [1.807, 2.05) is 0 Å². The summed E-state index contributed by atoms with van der Waals surface area (Å²) in [6, 6.07) is 16.7. The summed E-state index contributed by atoms with van der Waals surface area (Å²) < 4.78 is 31.4. The number of Topliss-reactive ketones (excluding diaryl/α,β-unsaturated/α-hetero) is 1. The highest BCUT2D eigenvalue weighted by Crippen LogP contribution is 2.50. The van der Waals surface area contributed by atoms with E-state index in [0.29, 0.717) is 0 Å². The van der Waals surface area contributed by atoms with Gasteiger partial charge < -0.3 is 5.32 Å². The van der Waals surface area contributed by atoms with Crippen LogP contribution < -0.4 is 5.32 Å². The molecule has 0 bridgehead atoms. The second-order valence-corrected chi connectivity index (χ2v) is 6.94. The fraction of sp³-hybridized carbons (Fsp3) is 0.100. The molecule has 1 N–H and O–H groups in total. The standard InChI is InChI=1S/C20H13F2NO2S/c21-20(22,17(24)13-7-2-1-3-8-13)19(16-11-6-12-26-16)15-10-5-4-9-14(15)18(25)23-19/h1-12H,(H,23,25)/t19-/m1/s1. The van der Waals surface area contributed by atoms with Crippen molar-refractivity contribution in [3.05, 3.63) is 93.7 Å². The van der Waals surface area contributed by atoms with E-state index < -0.39 is 23.2 Å². The molecule has 0 aliphatic carbocycles. The average Bonchev–Trinajstić information content (AvgIpc) is 3.29. The van der Waals surface area contributed by atoms with Crippen molar-refractivity contribution in [2.45, 2.75) is 11.5 Å². The van der Waals surface area contributed by atoms with Crippen molar-refractivity contribution in [2.24, 2.45) is 0 Å². The second-order valence-electron chi connectivity index (χ2n) is 6.00. The van der Waals surface area contributed by atoms with Gasteiger partial charge in [0.25, 0.3) is 5.91 Å². The van der Waals surface area contributed by atoms with Gasteiger partial charge in [0.15, 0.2) is 5.54 Å². The molecule has 0 fully saturated rings. The number of nitrogens with one attached hydrogen (secondary N) is 1. The number of halogens is 2. The molecule has 0 spiro atoms. The van der Waals surface area contributed by atoms with Crippen molar-refractivity contribution in [3.8, 4) is 0 Å². The third kappa shape index (κ3) is 2.15. The fourth-order valence-electron chi connectivity index (χ4n) is 3.34. The average molecular weight is 369 g/mol. The van der Waals surface area contributed by atoms with Crippen LogP contribution in [0.25, 0.3) is 0 Å². The molecule has 2 heterocycles. The van der Waals surface area contributed by atoms with Crippen LogP contribution in [0.5, 0.6) is 0 Å². The molecule has 130 valence electrons. The Morgan fingerprint density at radius 1 is 0.962 bits per heavy atom. The van der Waals surface area contributed by atoms with E-state index >= 15 is 8.78 Å². The molecule has 2 aromatic carbocycles. The minimum absolute atomic E-state index is 0.105. The summed E-state index contributed by atoms with van der Waals surface area (Å²) in [6.45, 7) is 0. The summed E-state index contributed by atoms with van der Waals surface area (Å²) in [5.74, 6) is -5.82. The van der Waals surface area contributed by atoms with Crippen LogP contribution in [0, 0.1) is 0 Å². The number of thiophene rings is 1. The Labute approximate surface area is 152 Å². The molecule has 1 aliphatic rings. The van der Waals surface area contributed by atoms with Crippen LogP contribution in [0.1, 0.15) is 31.2 Å². The van der Waals surface area contributed by atoms with Gasteiger partial charge in [-0.15, -0.1) is 11.3 Å². The number of alkyl halides is 2. The number of ketones is 1. The number of benzene rings is 2. The van der Waals surface area contributed by atoms with Crippen LogP contribution in [-0.2, 0) is 5.54 Å². The molecule has 1 amide bonds. The second kappa shape index (κ2) is 5.85. The van der Waals surface area contributed by atoms with Crippen LogP contribution in [-0.4, -0.2) is 17.6 Å². The van der Waals surface area contributed by atoms with Crippen molar-refractivity contribution in [3.63, 3.8) is 0 Å². The van der Waals surface area contributed by atoms with Gasteiger partial charge in [-0.2, -0.15) is 8.78 Å². The minimum atomic E-state index is -3.87. The van der Waals surface area contributed by atoms with E-state index in [1.54, 1.807) is 29.6 Å². The molecule has 0 saturated heterocycles. The highest BCUT2D eigenvalue weighted by molar-refractivity contribution is 7.10. The van der Waals surface area contributed by atoms with Gasteiger partial charge in [-0.05, 0) is 17.5 Å². The van der Waals surface area contributed by atoms with Crippen LogP contribution >= 0.6 is 11.3 Å². The third-order valence-electron chi connectivity index (χ3n) is 4.56. The molecule has 26 heavy (non-hydrogen) atoms. The molecular formula is C20H13F2NO2S. The van der Waals surface area contributed by atoms with Gasteiger partial charge in [-0.25, -0.2) is 0 Å². The molecular weight excluding hydrogens is 356 g/mol. The number of carbonyl (C=O) groups is 2. The van der Waals surface area contributed by atoms with Crippen LogP contribution in [0.4, 0.5) is 8.78 Å². The monoisotopic (exact) mass is 369 g/mol. The summed E-state index contributed by atoms with van der Waals surface area (Å²) in [6.07, 6.45) is 0. The van der Waals surface area contributed by atoms with Gasteiger partial charge in [-0.3, -0.25) is 9.59 Å². The Balaban J connectivity index is 1.97. The zero-order chi connectivity index (χ0) is 18.4. The third-order valence-corrected chi connectivity index (χ3v) is 5.55. The summed E-state index contributed by atoms with van der Waals surface area (Å²) in [4.78, 5) is 25.4. The number of hydrogen-bond donors (Lipinski definition) is 1. The van der Waals surface area contributed by atoms with Crippen molar-refractivity contribution >= 4 is 23.0 Å². The molecule has 0 saturated carbocycles. The van der Waals surface area contributed by atoms with Gasteiger partial charge in [0.1, 0.15) is 0 Å². The lowest BCUT2D eigenvalue weighted by Gasteiger charge is -2.36. The highest BCUT2D eigenvalue weighted by atomic mass is 32.1. The van der Waals surface area contributed by atoms with Gasteiger partial charge in [0, 0.05) is 21.6 Å². The van der Waals surface area contributed by atoms with Crippen LogP contribution in [0.15, 0.2) is 72.1 Å². The molecule has 1 aliphatic heterocycles. The van der Waals surface area contributed by atoms with Gasteiger partial charge in [0.05, 0.1) is 0 Å². The summed E-state index contributed by atoms with van der Waals surface area (Å²) in [5, 5.41) is 4.07. The maximum atomic E-state index is 15.7. The predicted molar refractivity (Wildman–Crippen MR) is 94.7 cm³/mol. The number of carbonyl (C=O) groups excluding carboxylic acids is 2. The number of rotatable bonds is 4. The summed E-state index contributed by atoms with van der Waals surface area (Å²) >= 11 is 1.08. The molecule has 0 radical (unpaired) electrons.